The Morgan fingerprint density at radius 2 is 0.500 bits per heavy atom. The molecule has 4 unspecified atom stereocenters. The first-order chi connectivity index (χ1) is 33.3. The van der Waals surface area contributed by atoms with Gasteiger partial charge >= 0.3 is 0 Å². The van der Waals surface area contributed by atoms with Crippen molar-refractivity contribution in [2.24, 2.45) is 11.8 Å². The summed E-state index contributed by atoms with van der Waals surface area (Å²) in [7, 11) is 13.9. The van der Waals surface area contributed by atoms with Gasteiger partial charge in [-0.25, -0.2) is 0 Å². The predicted molar refractivity (Wildman–Crippen MR) is 313 cm³/mol. The molecule has 0 aromatic heterocycles. The van der Waals surface area contributed by atoms with Gasteiger partial charge in [0.25, 0.3) is 0 Å². The molecule has 0 fully saturated rings. The Bertz CT molecular complexity index is 2020. The monoisotopic (exact) mass is 1150 g/mol. The second-order valence-electron chi connectivity index (χ2n) is 19.3. The molecule has 4 aliphatic rings. The average molecular weight is 1150 g/mol. The number of nitrogens with one attached hydrogen (secondary N) is 4. The summed E-state index contributed by atoms with van der Waals surface area (Å²) in [4.78, 5) is 0. The van der Waals surface area contributed by atoms with E-state index in [-0.39, 0.29) is 95.7 Å². The molecule has 0 saturated carbocycles. The molecule has 0 amide bonds. The van der Waals surface area contributed by atoms with Gasteiger partial charge in [-0.3, -0.25) is 0 Å². The fraction of sp³-hybridized carbons (Fsp3) is 0.571. The smallest absolute Gasteiger partial charge is 0.161 e. The highest BCUT2D eigenvalue weighted by atomic mass is 35.5. The van der Waals surface area contributed by atoms with E-state index < -0.39 is 0 Å². The van der Waals surface area contributed by atoms with Crippen molar-refractivity contribution in [2.45, 2.75) is 114 Å². The maximum Gasteiger partial charge on any atom is 0.161 e. The zero-order valence-electron chi connectivity index (χ0n) is 45.7. The van der Waals surface area contributed by atoms with Crippen LogP contribution in [-0.4, -0.2) is 105 Å². The highest BCUT2D eigenvalue weighted by Gasteiger charge is 2.30. The highest BCUT2D eigenvalue weighted by molar-refractivity contribution is 5.86. The lowest BCUT2D eigenvalue weighted by molar-refractivity contribution is 0.278. The van der Waals surface area contributed by atoms with Crippen molar-refractivity contribution in [2.75, 3.05) is 83.1 Å². The third-order valence-electron chi connectivity index (χ3n) is 15.7. The summed E-state index contributed by atoms with van der Waals surface area (Å²) in [5.41, 5.74) is 10.8. The van der Waals surface area contributed by atoms with Gasteiger partial charge in [0, 0.05) is 24.2 Å². The number of ether oxygens (including phenoxy) is 8. The van der Waals surface area contributed by atoms with E-state index in [0.717, 1.165) is 149 Å². The Labute approximate surface area is 476 Å². The molecule has 4 aromatic rings. The van der Waals surface area contributed by atoms with E-state index >= 15 is 0 Å². The Morgan fingerprint density at radius 3 is 0.684 bits per heavy atom. The molecule has 16 nitrogen and oxygen atoms in total. The third-order valence-corrected chi connectivity index (χ3v) is 15.7. The van der Waals surface area contributed by atoms with Crippen LogP contribution in [0.5, 0.6) is 46.0 Å². The lowest BCUT2D eigenvalue weighted by atomic mass is 9.80. The molecule has 434 valence electrons. The Morgan fingerprint density at radius 1 is 0.316 bits per heavy atom. The van der Waals surface area contributed by atoms with Gasteiger partial charge in [-0.1, -0.05) is 12.8 Å². The molecule has 4 aromatic carbocycles. The number of hydrogen-bond donors (Lipinski definition) is 4. The fourth-order valence-corrected chi connectivity index (χ4v) is 11.9. The molecule has 4 heterocycles. The third kappa shape index (κ3) is 16.8. The minimum atomic E-state index is 0. The van der Waals surface area contributed by atoms with Crippen LogP contribution >= 0.6 is 49.6 Å². The first-order valence-corrected chi connectivity index (χ1v) is 25.2. The van der Waals surface area contributed by atoms with E-state index in [0.29, 0.717) is 11.8 Å². The summed E-state index contributed by atoms with van der Waals surface area (Å²) in [5.74, 6) is 7.53. The molecule has 0 radical (unpaired) electrons. The first kappa shape index (κ1) is 72.1. The van der Waals surface area contributed by atoms with Gasteiger partial charge in [-0.2, -0.15) is 0 Å². The molecule has 76 heavy (non-hydrogen) atoms. The van der Waals surface area contributed by atoms with Crippen molar-refractivity contribution in [3.05, 3.63) is 93.0 Å². The molecule has 0 aliphatic carbocycles. The van der Waals surface area contributed by atoms with Crippen molar-refractivity contribution in [1.82, 2.24) is 21.3 Å². The van der Waals surface area contributed by atoms with Crippen LogP contribution in [0.25, 0.3) is 0 Å². The number of fused-ring (bicyclic) bond motifs is 4. The largest absolute Gasteiger partial charge is 0.493 e. The SMILES string of the molecule is COc1cc2c(cc1OC)C(CCC(CCC(CCC1NCCc3cc(OC)c(OC)cc31)CCC1NCCc3cc(OC)c(OC)cc31)CCC1NCCc3cc(OC)c(OC)cc31)NCC2.Cl.Cl.Cl.Cl.O.O.O.O. The summed E-state index contributed by atoms with van der Waals surface area (Å²) >= 11 is 0. The van der Waals surface area contributed by atoms with Gasteiger partial charge in [0.2, 0.25) is 0 Å². The van der Waals surface area contributed by atoms with Crippen LogP contribution in [0, 0.1) is 11.8 Å². The van der Waals surface area contributed by atoms with Crippen LogP contribution in [0.3, 0.4) is 0 Å². The Balaban J connectivity index is 0.00000703. The zero-order chi connectivity index (χ0) is 47.6. The van der Waals surface area contributed by atoms with E-state index in [4.69, 9.17) is 37.9 Å². The summed E-state index contributed by atoms with van der Waals surface area (Å²) in [6.07, 6.45) is 15.1. The first-order valence-electron chi connectivity index (χ1n) is 25.2. The minimum absolute atomic E-state index is 0. The number of rotatable bonds is 23. The topological polar surface area (TPSA) is 248 Å². The maximum absolute atomic E-state index is 5.81. The standard InChI is InChI=1S/C56H78N4O8.4ClH.4H2O/c1-61-49-27-37-19-23-57-45(41(37)31-53(49)65-5)15-11-35(12-16-46-42-32-54(66-6)50(62-2)28-38(42)20-24-58-46)9-10-36(13-17-47-43-33-55(67-7)51(63-3)29-39(43)21-25-59-47)14-18-48-44-34-56(68-8)52(64-4)30-40(44)22-26-60-48;;;;;;;;/h27-36,45-48,57-60H,9-26H2,1-8H3;4*1H;4*1H2. The van der Waals surface area contributed by atoms with E-state index in [1.54, 1.807) is 56.9 Å². The Hall–Kier alpha value is -3.88. The fourth-order valence-electron chi connectivity index (χ4n) is 11.9. The van der Waals surface area contributed by atoms with Crippen molar-refractivity contribution >= 4 is 49.6 Å². The van der Waals surface area contributed by atoms with E-state index in [9.17, 15) is 0 Å². The summed E-state index contributed by atoms with van der Waals surface area (Å²) in [6.45, 7) is 3.84. The summed E-state index contributed by atoms with van der Waals surface area (Å²) in [6, 6.07) is 18.7. The van der Waals surface area contributed by atoms with Crippen molar-refractivity contribution in [1.29, 1.82) is 0 Å². The van der Waals surface area contributed by atoms with E-state index in [2.05, 4.69) is 69.8 Å². The van der Waals surface area contributed by atoms with Gasteiger partial charge in [-0.05, 0) is 208 Å². The number of methoxy groups -OCH3 is 8. The van der Waals surface area contributed by atoms with Crippen LogP contribution in [0.4, 0.5) is 0 Å². The zero-order valence-corrected chi connectivity index (χ0v) is 49.0. The molecule has 0 saturated heterocycles. The molecule has 20 heteroatoms. The quantitative estimate of drug-likeness (QED) is 0.0550. The van der Waals surface area contributed by atoms with Gasteiger partial charge in [0.15, 0.2) is 46.0 Å². The van der Waals surface area contributed by atoms with Gasteiger partial charge in [-0.15, -0.1) is 49.6 Å². The van der Waals surface area contributed by atoms with Crippen molar-refractivity contribution in [3.63, 3.8) is 0 Å². The lowest BCUT2D eigenvalue weighted by Crippen LogP contribution is -2.31. The predicted octanol–water partition coefficient (Wildman–Crippen LogP) is 8.12. The van der Waals surface area contributed by atoms with Crippen LogP contribution in [0.1, 0.15) is 133 Å². The minimum Gasteiger partial charge on any atom is -0.493 e. The van der Waals surface area contributed by atoms with Gasteiger partial charge in [0.05, 0.1) is 56.9 Å². The summed E-state index contributed by atoms with van der Waals surface area (Å²) < 4.78 is 46.2. The highest BCUT2D eigenvalue weighted by Crippen LogP contribution is 2.43. The van der Waals surface area contributed by atoms with Crippen LogP contribution in [0.15, 0.2) is 48.5 Å². The molecule has 4 aliphatic heterocycles. The molecular formula is C56H90Cl4N4O12. The molecule has 0 bridgehead atoms. The van der Waals surface area contributed by atoms with Crippen LogP contribution in [0.2, 0.25) is 0 Å². The van der Waals surface area contributed by atoms with Gasteiger partial charge in [0.1, 0.15) is 0 Å². The second-order valence-corrected chi connectivity index (χ2v) is 19.3. The van der Waals surface area contributed by atoms with Crippen LogP contribution in [-0.2, 0) is 25.7 Å². The van der Waals surface area contributed by atoms with Gasteiger partial charge < -0.3 is 81.1 Å². The normalized spacial score (nSPS) is 18.3. The lowest BCUT2D eigenvalue weighted by Gasteiger charge is -2.33. The molecule has 8 rings (SSSR count). The number of halogens is 4. The van der Waals surface area contributed by atoms with E-state index in [1.807, 2.05) is 0 Å². The van der Waals surface area contributed by atoms with Crippen LogP contribution < -0.4 is 59.2 Å². The average Bonchev–Trinajstić information content (AvgIpc) is 3.38. The Kier molecular flexibility index (Phi) is 33.1. The molecular weight excluding hydrogens is 1060 g/mol. The van der Waals surface area contributed by atoms with Crippen molar-refractivity contribution < 1.29 is 59.8 Å². The number of hydrogen-bond acceptors (Lipinski definition) is 12. The summed E-state index contributed by atoms with van der Waals surface area (Å²) in [5, 5.41) is 15.6. The number of benzene rings is 4. The maximum atomic E-state index is 5.81. The molecule has 4 atom stereocenters. The molecule has 0 spiro atoms. The second kappa shape index (κ2) is 34.9. The van der Waals surface area contributed by atoms with E-state index in [1.165, 1.54) is 57.3 Å². The van der Waals surface area contributed by atoms with Crippen molar-refractivity contribution in [3.8, 4) is 46.0 Å². The molecule has 12 N–H and O–H groups in total.